The van der Waals surface area contributed by atoms with Gasteiger partial charge >= 0.3 is 12.1 Å². The van der Waals surface area contributed by atoms with Crippen LogP contribution in [-0.2, 0) is 22.6 Å². The second-order valence-electron chi connectivity index (χ2n) is 7.10. The van der Waals surface area contributed by atoms with Gasteiger partial charge in [0.25, 0.3) is 5.91 Å². The molecule has 2 aromatic rings. The highest BCUT2D eigenvalue weighted by Gasteiger charge is 2.38. The fourth-order valence-corrected chi connectivity index (χ4v) is 3.31. The van der Waals surface area contributed by atoms with Gasteiger partial charge in [-0.2, -0.15) is 13.2 Å². The highest BCUT2D eigenvalue weighted by Crippen LogP contribution is 2.28. The lowest BCUT2D eigenvalue weighted by Crippen LogP contribution is -2.36. The van der Waals surface area contributed by atoms with Gasteiger partial charge in [0.05, 0.1) is 24.6 Å². The number of carbonyl (C=O) groups is 2. The summed E-state index contributed by atoms with van der Waals surface area (Å²) in [7, 11) is 0. The summed E-state index contributed by atoms with van der Waals surface area (Å²) >= 11 is 0. The molecule has 0 saturated carbocycles. The number of carbonyl (C=O) groups excluding carboxylic acids is 1. The molecule has 1 saturated heterocycles. The summed E-state index contributed by atoms with van der Waals surface area (Å²) in [6, 6.07) is 10.2. The lowest BCUT2D eigenvalue weighted by Gasteiger charge is -2.30. The molecular weight excluding hydrogens is 434 g/mol. The molecule has 0 radical (unpaired) electrons. The number of ether oxygens (including phenoxy) is 1. The lowest BCUT2D eigenvalue weighted by atomic mass is 10.1. The number of amides is 1. The zero-order chi connectivity index (χ0) is 23.3. The fourth-order valence-electron chi connectivity index (χ4n) is 3.31. The van der Waals surface area contributed by atoms with Gasteiger partial charge in [0.1, 0.15) is 5.82 Å². The monoisotopic (exact) mass is 455 g/mol. The van der Waals surface area contributed by atoms with E-state index in [0.29, 0.717) is 43.2 Å². The first-order valence-corrected chi connectivity index (χ1v) is 9.71. The molecule has 11 heteroatoms. The molecule has 2 aliphatic heterocycles. The van der Waals surface area contributed by atoms with Crippen LogP contribution in [-0.4, -0.2) is 49.5 Å². The van der Waals surface area contributed by atoms with Gasteiger partial charge in [-0.3, -0.25) is 4.79 Å². The maximum atomic E-state index is 13.7. The molecule has 4 rings (SSSR count). The quantitative estimate of drug-likeness (QED) is 0.616. The minimum Gasteiger partial charge on any atom is -0.475 e. The van der Waals surface area contributed by atoms with Crippen molar-refractivity contribution in [2.75, 3.05) is 36.5 Å². The number of carboxylic acid groups (broad SMARTS) is 1. The van der Waals surface area contributed by atoms with E-state index < -0.39 is 12.1 Å². The van der Waals surface area contributed by atoms with Crippen molar-refractivity contribution < 1.29 is 37.0 Å². The van der Waals surface area contributed by atoms with Crippen molar-refractivity contribution in [2.24, 2.45) is 0 Å². The van der Waals surface area contributed by atoms with E-state index in [1.807, 2.05) is 23.1 Å². The van der Waals surface area contributed by atoms with Crippen molar-refractivity contribution in [3.63, 3.8) is 0 Å². The van der Waals surface area contributed by atoms with Crippen LogP contribution in [0.1, 0.15) is 21.5 Å². The Morgan fingerprint density at radius 1 is 1.03 bits per heavy atom. The maximum absolute atomic E-state index is 13.7. The first-order chi connectivity index (χ1) is 15.1. The third-order valence-corrected chi connectivity index (χ3v) is 4.90. The summed E-state index contributed by atoms with van der Waals surface area (Å²) in [6.07, 6.45) is -5.08. The van der Waals surface area contributed by atoms with Crippen LogP contribution in [0.25, 0.3) is 0 Å². The summed E-state index contributed by atoms with van der Waals surface area (Å²) < 4.78 is 50.8. The molecule has 2 aliphatic rings. The van der Waals surface area contributed by atoms with Crippen LogP contribution >= 0.6 is 0 Å². The number of nitrogens with one attached hydrogen (secondary N) is 2. The Balaban J connectivity index is 0.000000360. The average molecular weight is 455 g/mol. The lowest BCUT2D eigenvalue weighted by molar-refractivity contribution is -0.192. The second-order valence-corrected chi connectivity index (χ2v) is 7.10. The molecule has 1 amide bonds. The predicted octanol–water partition coefficient (Wildman–Crippen LogP) is 3.15. The van der Waals surface area contributed by atoms with E-state index in [1.54, 1.807) is 6.07 Å². The number of hydrogen-bond donors (Lipinski definition) is 3. The number of rotatable bonds is 3. The standard InChI is InChI=1S/C19H20FN3O2.C2HF3O2/c20-16-3-4-17(18(10-16)23-5-7-25-8-6-23)22-19(24)13-1-2-14-11-21-12-15(14)9-13;3-2(4,5)1(6)7/h1-4,9-10,21H,5-8,11-12H2,(H,22,24);(H,6,7). The van der Waals surface area contributed by atoms with Gasteiger partial charge in [-0.05, 0) is 41.5 Å². The van der Waals surface area contributed by atoms with Crippen LogP contribution in [0.5, 0.6) is 0 Å². The van der Waals surface area contributed by atoms with Crippen molar-refractivity contribution in [1.82, 2.24) is 5.32 Å². The second kappa shape index (κ2) is 9.96. The fraction of sp³-hybridized carbons (Fsp3) is 0.333. The number of carboxylic acids is 1. The molecule has 0 bridgehead atoms. The summed E-state index contributed by atoms with van der Waals surface area (Å²) in [6.45, 7) is 4.18. The van der Waals surface area contributed by atoms with E-state index >= 15 is 0 Å². The van der Waals surface area contributed by atoms with Crippen molar-refractivity contribution in [3.05, 3.63) is 58.9 Å². The third kappa shape index (κ3) is 5.95. The molecule has 0 spiro atoms. The zero-order valence-corrected chi connectivity index (χ0v) is 16.8. The van der Waals surface area contributed by atoms with Crippen LogP contribution in [0.15, 0.2) is 36.4 Å². The summed E-state index contributed by atoms with van der Waals surface area (Å²) in [4.78, 5) is 23.6. The van der Waals surface area contributed by atoms with Crippen molar-refractivity contribution in [2.45, 2.75) is 19.3 Å². The molecule has 2 heterocycles. The largest absolute Gasteiger partial charge is 0.490 e. The number of hydrogen-bond acceptors (Lipinski definition) is 5. The Bertz CT molecular complexity index is 991. The Morgan fingerprint density at radius 2 is 1.69 bits per heavy atom. The molecule has 2 aromatic carbocycles. The minimum absolute atomic E-state index is 0.184. The van der Waals surface area contributed by atoms with Crippen LogP contribution in [0.2, 0.25) is 0 Å². The molecule has 1 fully saturated rings. The number of aliphatic carboxylic acids is 1. The van der Waals surface area contributed by atoms with Crippen molar-refractivity contribution >= 4 is 23.3 Å². The van der Waals surface area contributed by atoms with Gasteiger partial charge in [0.2, 0.25) is 0 Å². The van der Waals surface area contributed by atoms with Crippen LogP contribution in [0.3, 0.4) is 0 Å². The SMILES string of the molecule is O=C(Nc1ccc(F)cc1N1CCOCC1)c1ccc2c(c1)CNC2.O=C(O)C(F)(F)F. The molecule has 0 aliphatic carbocycles. The molecule has 0 atom stereocenters. The van der Waals surface area contributed by atoms with E-state index in [9.17, 15) is 22.4 Å². The molecule has 7 nitrogen and oxygen atoms in total. The van der Waals surface area contributed by atoms with Crippen molar-refractivity contribution in [1.29, 1.82) is 0 Å². The topological polar surface area (TPSA) is 90.9 Å². The smallest absolute Gasteiger partial charge is 0.475 e. The highest BCUT2D eigenvalue weighted by molar-refractivity contribution is 6.06. The van der Waals surface area contributed by atoms with Gasteiger partial charge < -0.3 is 25.4 Å². The number of alkyl halides is 3. The van der Waals surface area contributed by atoms with Crippen LogP contribution in [0, 0.1) is 5.82 Å². The van der Waals surface area contributed by atoms with Gasteiger partial charge in [-0.1, -0.05) is 6.07 Å². The number of nitrogens with zero attached hydrogens (tertiary/aromatic N) is 1. The van der Waals surface area contributed by atoms with Gasteiger partial charge in [0, 0.05) is 31.7 Å². The van der Waals surface area contributed by atoms with Crippen LogP contribution < -0.4 is 15.5 Å². The third-order valence-electron chi connectivity index (χ3n) is 4.90. The maximum Gasteiger partial charge on any atom is 0.490 e. The minimum atomic E-state index is -5.08. The van der Waals surface area contributed by atoms with E-state index in [4.69, 9.17) is 14.6 Å². The normalized spacial score (nSPS) is 15.4. The molecule has 0 unspecified atom stereocenters. The van der Waals surface area contributed by atoms with Gasteiger partial charge in [0.15, 0.2) is 0 Å². The first-order valence-electron chi connectivity index (χ1n) is 9.71. The zero-order valence-electron chi connectivity index (χ0n) is 16.8. The molecule has 3 N–H and O–H groups in total. The van der Waals surface area contributed by atoms with E-state index in [2.05, 4.69) is 10.6 Å². The number of anilines is 2. The number of halogens is 4. The van der Waals surface area contributed by atoms with Crippen LogP contribution in [0.4, 0.5) is 28.9 Å². The molecule has 0 aromatic heterocycles. The number of morpholine rings is 1. The number of fused-ring (bicyclic) bond motifs is 1. The summed E-state index contributed by atoms with van der Waals surface area (Å²) in [5.74, 6) is -3.26. The molecule has 32 heavy (non-hydrogen) atoms. The van der Waals surface area contributed by atoms with E-state index in [0.717, 1.165) is 18.7 Å². The van der Waals surface area contributed by atoms with Crippen molar-refractivity contribution in [3.8, 4) is 0 Å². The average Bonchev–Trinajstić information content (AvgIpc) is 3.23. The predicted molar refractivity (Wildman–Crippen MR) is 108 cm³/mol. The first kappa shape index (κ1) is 23.5. The summed E-state index contributed by atoms with van der Waals surface area (Å²) in [5.41, 5.74) is 4.30. The Hall–Kier alpha value is -3.18. The summed E-state index contributed by atoms with van der Waals surface area (Å²) in [5, 5.41) is 13.3. The van der Waals surface area contributed by atoms with Gasteiger partial charge in [-0.25, -0.2) is 9.18 Å². The Morgan fingerprint density at radius 3 is 2.34 bits per heavy atom. The molecule has 172 valence electrons. The number of benzene rings is 2. The molecular formula is C21H21F4N3O4. The van der Waals surface area contributed by atoms with Gasteiger partial charge in [-0.15, -0.1) is 0 Å². The highest BCUT2D eigenvalue weighted by atomic mass is 19.4. The van der Waals surface area contributed by atoms with E-state index in [1.165, 1.54) is 17.7 Å². The van der Waals surface area contributed by atoms with E-state index in [-0.39, 0.29) is 11.7 Å². The Kier molecular flexibility index (Phi) is 7.31. The Labute approximate surface area is 181 Å².